The van der Waals surface area contributed by atoms with Gasteiger partial charge in [0.1, 0.15) is 0 Å². The Bertz CT molecular complexity index is 165. The summed E-state index contributed by atoms with van der Waals surface area (Å²) < 4.78 is 0. The smallest absolute Gasteiger partial charge is 0.0110 e. The fourth-order valence-corrected chi connectivity index (χ4v) is 2.17. The lowest BCUT2D eigenvalue weighted by Gasteiger charge is -2.34. The maximum Gasteiger partial charge on any atom is 0.0110 e. The normalized spacial score (nSPS) is 21.2. The van der Waals surface area contributed by atoms with Gasteiger partial charge >= 0.3 is 0 Å². The lowest BCUT2D eigenvalue weighted by molar-refractivity contribution is 0.132. The summed E-state index contributed by atoms with van der Waals surface area (Å²) in [5.41, 5.74) is 0. The van der Waals surface area contributed by atoms with E-state index in [1.165, 1.54) is 52.1 Å². The Balaban J connectivity index is 2.03. The summed E-state index contributed by atoms with van der Waals surface area (Å²) in [7, 11) is 0. The quantitative estimate of drug-likeness (QED) is 0.709. The van der Waals surface area contributed by atoms with Crippen LogP contribution in [-0.4, -0.2) is 61.7 Å². The predicted octanol–water partition coefficient (Wildman–Crippen LogP) is 1.40. The molecule has 0 aromatic rings. The molecule has 1 aliphatic heterocycles. The first kappa shape index (κ1) is 13.9. The zero-order valence-corrected chi connectivity index (χ0v) is 11.3. The second kappa shape index (κ2) is 8.04. The monoisotopic (exact) mass is 227 g/mol. The molecule has 3 nitrogen and oxygen atoms in total. The van der Waals surface area contributed by atoms with Crippen LogP contribution in [0.4, 0.5) is 0 Å². The van der Waals surface area contributed by atoms with Crippen LogP contribution in [0.1, 0.15) is 33.6 Å². The molecule has 0 bridgehead atoms. The highest BCUT2D eigenvalue weighted by atomic mass is 15.3. The van der Waals surface area contributed by atoms with E-state index in [0.717, 1.165) is 6.54 Å². The van der Waals surface area contributed by atoms with Gasteiger partial charge < -0.3 is 10.2 Å². The predicted molar refractivity (Wildman–Crippen MR) is 70.9 cm³/mol. The van der Waals surface area contributed by atoms with E-state index in [1.807, 2.05) is 0 Å². The molecule has 0 aliphatic carbocycles. The van der Waals surface area contributed by atoms with E-state index in [1.54, 1.807) is 0 Å². The van der Waals surface area contributed by atoms with Gasteiger partial charge in [-0.25, -0.2) is 0 Å². The van der Waals surface area contributed by atoms with E-state index < -0.39 is 0 Å². The van der Waals surface area contributed by atoms with Crippen LogP contribution in [0, 0.1) is 0 Å². The zero-order chi connectivity index (χ0) is 11.8. The van der Waals surface area contributed by atoms with Crippen molar-refractivity contribution in [3.05, 3.63) is 0 Å². The number of hydrogen-bond donors (Lipinski definition) is 1. The first-order valence-electron chi connectivity index (χ1n) is 6.94. The second-order valence-electron chi connectivity index (χ2n) is 4.95. The summed E-state index contributed by atoms with van der Waals surface area (Å²) in [6.45, 7) is 15.4. The van der Waals surface area contributed by atoms with Crippen molar-refractivity contribution in [2.75, 3.05) is 45.8 Å². The summed E-state index contributed by atoms with van der Waals surface area (Å²) in [4.78, 5) is 5.17. The molecular weight excluding hydrogens is 198 g/mol. The van der Waals surface area contributed by atoms with Crippen LogP contribution < -0.4 is 5.32 Å². The van der Waals surface area contributed by atoms with Crippen LogP contribution >= 0.6 is 0 Å². The molecule has 1 unspecified atom stereocenters. The van der Waals surface area contributed by atoms with Crippen molar-refractivity contribution in [3.8, 4) is 0 Å². The maximum absolute atomic E-state index is 3.56. The van der Waals surface area contributed by atoms with Crippen molar-refractivity contribution in [3.63, 3.8) is 0 Å². The molecule has 0 radical (unpaired) electrons. The fourth-order valence-electron chi connectivity index (χ4n) is 2.17. The molecule has 0 amide bonds. The highest BCUT2D eigenvalue weighted by Gasteiger charge is 2.15. The fraction of sp³-hybridized carbons (Fsp3) is 1.00. The molecule has 1 N–H and O–H groups in total. The number of nitrogens with one attached hydrogen (secondary N) is 1. The third kappa shape index (κ3) is 5.28. The molecule has 1 rings (SSSR count). The molecule has 1 heterocycles. The summed E-state index contributed by atoms with van der Waals surface area (Å²) in [5, 5.41) is 3.56. The van der Waals surface area contributed by atoms with Gasteiger partial charge in [0.15, 0.2) is 0 Å². The topological polar surface area (TPSA) is 18.5 Å². The molecule has 0 saturated carbocycles. The Morgan fingerprint density at radius 1 is 1.00 bits per heavy atom. The van der Waals surface area contributed by atoms with Crippen molar-refractivity contribution in [2.45, 2.75) is 39.7 Å². The highest BCUT2D eigenvalue weighted by Crippen LogP contribution is 2.01. The van der Waals surface area contributed by atoms with Gasteiger partial charge in [0.2, 0.25) is 0 Å². The Hall–Kier alpha value is -0.120. The van der Waals surface area contributed by atoms with Gasteiger partial charge in [-0.05, 0) is 26.3 Å². The van der Waals surface area contributed by atoms with Gasteiger partial charge in [-0.15, -0.1) is 0 Å². The number of hydrogen-bond acceptors (Lipinski definition) is 3. The van der Waals surface area contributed by atoms with E-state index in [2.05, 4.69) is 35.9 Å². The minimum absolute atomic E-state index is 0.668. The number of rotatable bonds is 7. The third-order valence-electron chi connectivity index (χ3n) is 3.54. The molecule has 1 fully saturated rings. The summed E-state index contributed by atoms with van der Waals surface area (Å²) in [5.74, 6) is 0. The molecule has 96 valence electrons. The van der Waals surface area contributed by atoms with Gasteiger partial charge in [-0.2, -0.15) is 0 Å². The Labute approximate surface area is 101 Å². The van der Waals surface area contributed by atoms with Crippen LogP contribution in [0.2, 0.25) is 0 Å². The average Bonchev–Trinajstić information content (AvgIpc) is 2.31. The van der Waals surface area contributed by atoms with Crippen LogP contribution in [0.15, 0.2) is 0 Å². The van der Waals surface area contributed by atoms with Crippen molar-refractivity contribution in [1.82, 2.24) is 15.1 Å². The first-order valence-corrected chi connectivity index (χ1v) is 6.94. The van der Waals surface area contributed by atoms with Gasteiger partial charge in [0.05, 0.1) is 0 Å². The van der Waals surface area contributed by atoms with Crippen LogP contribution in [-0.2, 0) is 0 Å². The third-order valence-corrected chi connectivity index (χ3v) is 3.54. The van der Waals surface area contributed by atoms with E-state index in [0.29, 0.717) is 6.04 Å². The highest BCUT2D eigenvalue weighted by molar-refractivity contribution is 4.72. The van der Waals surface area contributed by atoms with Gasteiger partial charge in [-0.3, -0.25) is 4.90 Å². The molecule has 16 heavy (non-hydrogen) atoms. The van der Waals surface area contributed by atoms with E-state index in [-0.39, 0.29) is 0 Å². The van der Waals surface area contributed by atoms with E-state index in [4.69, 9.17) is 0 Å². The molecule has 3 heteroatoms. The standard InChI is InChI=1S/C13H29N3/c1-4-7-15-9-11-16(12-10-15)8-6-14-13(3)5-2/h13-14H,4-12H2,1-3H3. The molecule has 0 aromatic heterocycles. The summed E-state index contributed by atoms with van der Waals surface area (Å²) >= 11 is 0. The zero-order valence-electron chi connectivity index (χ0n) is 11.3. The van der Waals surface area contributed by atoms with Gasteiger partial charge in [-0.1, -0.05) is 13.8 Å². The Morgan fingerprint density at radius 2 is 1.56 bits per heavy atom. The minimum atomic E-state index is 0.668. The SMILES string of the molecule is CCCN1CCN(CCNC(C)CC)CC1. The second-order valence-corrected chi connectivity index (χ2v) is 4.95. The van der Waals surface area contributed by atoms with Crippen molar-refractivity contribution in [1.29, 1.82) is 0 Å². The number of piperazine rings is 1. The van der Waals surface area contributed by atoms with Crippen molar-refractivity contribution < 1.29 is 0 Å². The lowest BCUT2D eigenvalue weighted by atomic mass is 10.2. The first-order chi connectivity index (χ1) is 7.76. The Kier molecular flexibility index (Phi) is 7.01. The summed E-state index contributed by atoms with van der Waals surface area (Å²) in [6.07, 6.45) is 2.51. The maximum atomic E-state index is 3.56. The molecular formula is C13H29N3. The van der Waals surface area contributed by atoms with Crippen LogP contribution in [0.25, 0.3) is 0 Å². The van der Waals surface area contributed by atoms with Crippen molar-refractivity contribution >= 4 is 0 Å². The molecule has 1 saturated heterocycles. The minimum Gasteiger partial charge on any atom is -0.313 e. The Morgan fingerprint density at radius 3 is 2.06 bits per heavy atom. The number of nitrogens with zero attached hydrogens (tertiary/aromatic N) is 2. The lowest BCUT2D eigenvalue weighted by Crippen LogP contribution is -2.48. The van der Waals surface area contributed by atoms with Crippen molar-refractivity contribution in [2.24, 2.45) is 0 Å². The average molecular weight is 227 g/mol. The van der Waals surface area contributed by atoms with Crippen LogP contribution in [0.3, 0.4) is 0 Å². The van der Waals surface area contributed by atoms with Gasteiger partial charge in [0, 0.05) is 45.3 Å². The van der Waals surface area contributed by atoms with Crippen LogP contribution in [0.5, 0.6) is 0 Å². The summed E-state index contributed by atoms with van der Waals surface area (Å²) in [6, 6.07) is 0.668. The molecule has 1 aliphatic rings. The van der Waals surface area contributed by atoms with Gasteiger partial charge in [0.25, 0.3) is 0 Å². The molecule has 1 atom stereocenters. The van der Waals surface area contributed by atoms with E-state index in [9.17, 15) is 0 Å². The molecule has 0 spiro atoms. The molecule has 0 aromatic carbocycles. The largest absolute Gasteiger partial charge is 0.313 e. The van der Waals surface area contributed by atoms with E-state index >= 15 is 0 Å².